The van der Waals surface area contributed by atoms with Crippen LogP contribution in [0.2, 0.25) is 0 Å². The molecule has 0 amide bonds. The molecule has 1 aliphatic rings. The van der Waals surface area contributed by atoms with Gasteiger partial charge in [0, 0.05) is 17.2 Å². The lowest BCUT2D eigenvalue weighted by molar-refractivity contribution is -0.142. The fourth-order valence-corrected chi connectivity index (χ4v) is 1.92. The highest BCUT2D eigenvalue weighted by atomic mass is 16.5. The monoisotopic (exact) mass is 234 g/mol. The zero-order valence-electron chi connectivity index (χ0n) is 10.0. The fourth-order valence-electron chi connectivity index (χ4n) is 1.92. The van der Waals surface area contributed by atoms with E-state index in [9.17, 15) is 4.79 Å². The second-order valence-corrected chi connectivity index (χ2v) is 3.72. The van der Waals surface area contributed by atoms with Gasteiger partial charge in [0.2, 0.25) is 0 Å². The van der Waals surface area contributed by atoms with Gasteiger partial charge in [-0.1, -0.05) is 6.07 Å². The molecule has 0 aliphatic carbocycles. The number of ether oxygens (including phenoxy) is 3. The Balaban J connectivity index is 2.63. The number of carbonyl (C=O) groups is 1. The molecule has 0 saturated carbocycles. The van der Waals surface area contributed by atoms with E-state index in [0.717, 1.165) is 11.1 Å². The van der Waals surface area contributed by atoms with Gasteiger partial charge in [0.1, 0.15) is 6.10 Å². The Bertz CT molecular complexity index is 477. The smallest absolute Gasteiger partial charge is 0.331 e. The summed E-state index contributed by atoms with van der Waals surface area (Å²) < 4.78 is 15.7. The Hall–Kier alpha value is -1.97. The number of hydrogen-bond acceptors (Lipinski definition) is 4. The highest BCUT2D eigenvalue weighted by molar-refractivity contribution is 5.89. The van der Waals surface area contributed by atoms with Crippen molar-refractivity contribution >= 4 is 12.0 Å². The highest BCUT2D eigenvalue weighted by Gasteiger charge is 2.21. The Morgan fingerprint density at radius 1 is 1.18 bits per heavy atom. The molecule has 0 bridgehead atoms. The van der Waals surface area contributed by atoms with Crippen LogP contribution in [0.15, 0.2) is 18.2 Å². The van der Waals surface area contributed by atoms with Gasteiger partial charge < -0.3 is 14.2 Å². The van der Waals surface area contributed by atoms with Gasteiger partial charge in [0.05, 0.1) is 14.2 Å². The van der Waals surface area contributed by atoms with E-state index in [1.54, 1.807) is 26.4 Å². The summed E-state index contributed by atoms with van der Waals surface area (Å²) in [6.45, 7) is 1.83. The van der Waals surface area contributed by atoms with Gasteiger partial charge in [-0.3, -0.25) is 0 Å². The number of hydrogen-bond donors (Lipinski definition) is 0. The largest absolute Gasteiger partial charge is 0.493 e. The summed E-state index contributed by atoms with van der Waals surface area (Å²) in [4.78, 5) is 11.3. The molecule has 0 radical (unpaired) electrons. The van der Waals surface area contributed by atoms with Crippen LogP contribution in [0.25, 0.3) is 6.08 Å². The molecule has 1 aromatic rings. The normalized spacial score (nSPS) is 18.1. The predicted molar refractivity (Wildman–Crippen MR) is 63.1 cm³/mol. The van der Waals surface area contributed by atoms with Crippen molar-refractivity contribution in [3.8, 4) is 11.5 Å². The van der Waals surface area contributed by atoms with Gasteiger partial charge in [-0.25, -0.2) is 4.79 Å². The molecular weight excluding hydrogens is 220 g/mol. The molecule has 0 N–H and O–H groups in total. The minimum atomic E-state index is -0.352. The molecule has 1 unspecified atom stereocenters. The van der Waals surface area contributed by atoms with Gasteiger partial charge >= 0.3 is 5.97 Å². The summed E-state index contributed by atoms with van der Waals surface area (Å²) in [5.74, 6) is 0.901. The quantitative estimate of drug-likeness (QED) is 0.737. The lowest BCUT2D eigenvalue weighted by Gasteiger charge is -2.17. The zero-order chi connectivity index (χ0) is 12.4. The molecule has 0 aromatic heterocycles. The molecule has 90 valence electrons. The van der Waals surface area contributed by atoms with E-state index in [1.165, 1.54) is 6.08 Å². The van der Waals surface area contributed by atoms with Gasteiger partial charge in [-0.2, -0.15) is 0 Å². The standard InChI is InChI=1S/C13H14O4/c1-8-9-4-6-11(15-2)13(16-3)10(9)5-7-12(14)17-8/h4-8H,1-3H3. The molecule has 0 spiro atoms. The lowest BCUT2D eigenvalue weighted by Crippen LogP contribution is -2.05. The molecule has 4 heteroatoms. The summed E-state index contributed by atoms with van der Waals surface area (Å²) in [5, 5.41) is 0. The summed E-state index contributed by atoms with van der Waals surface area (Å²) in [7, 11) is 3.15. The first-order valence-corrected chi connectivity index (χ1v) is 5.31. The number of cyclic esters (lactones) is 1. The van der Waals surface area contributed by atoms with Crippen molar-refractivity contribution in [2.45, 2.75) is 13.0 Å². The maximum Gasteiger partial charge on any atom is 0.331 e. The third-order valence-electron chi connectivity index (χ3n) is 2.73. The average Bonchev–Trinajstić information content (AvgIpc) is 2.47. The summed E-state index contributed by atoms with van der Waals surface area (Å²) in [6, 6.07) is 3.69. The van der Waals surface area contributed by atoms with E-state index in [4.69, 9.17) is 14.2 Å². The fraction of sp³-hybridized carbons (Fsp3) is 0.308. The predicted octanol–water partition coefficient (Wildman–Crippen LogP) is 2.33. The van der Waals surface area contributed by atoms with E-state index in [0.29, 0.717) is 11.5 Å². The molecule has 4 nitrogen and oxygen atoms in total. The zero-order valence-corrected chi connectivity index (χ0v) is 10.0. The molecule has 0 saturated heterocycles. The van der Waals surface area contributed by atoms with Crippen LogP contribution in [0.1, 0.15) is 24.2 Å². The highest BCUT2D eigenvalue weighted by Crippen LogP contribution is 2.38. The van der Waals surface area contributed by atoms with Crippen LogP contribution in [-0.4, -0.2) is 20.2 Å². The Kier molecular flexibility index (Phi) is 3.04. The molecule has 1 aromatic carbocycles. The van der Waals surface area contributed by atoms with E-state index in [-0.39, 0.29) is 12.1 Å². The van der Waals surface area contributed by atoms with Crippen molar-refractivity contribution in [2.75, 3.05) is 14.2 Å². The Morgan fingerprint density at radius 3 is 2.59 bits per heavy atom. The number of methoxy groups -OCH3 is 2. The molecule has 1 aliphatic heterocycles. The second kappa shape index (κ2) is 4.49. The van der Waals surface area contributed by atoms with Crippen LogP contribution in [0.5, 0.6) is 11.5 Å². The van der Waals surface area contributed by atoms with Crippen LogP contribution in [0.3, 0.4) is 0 Å². The van der Waals surface area contributed by atoms with E-state index < -0.39 is 0 Å². The van der Waals surface area contributed by atoms with Crippen LogP contribution < -0.4 is 9.47 Å². The van der Waals surface area contributed by atoms with Crippen LogP contribution in [0, 0.1) is 0 Å². The third-order valence-corrected chi connectivity index (χ3v) is 2.73. The summed E-state index contributed by atoms with van der Waals surface area (Å²) in [5.41, 5.74) is 1.73. The first-order chi connectivity index (χ1) is 8.17. The van der Waals surface area contributed by atoms with Crippen LogP contribution in [0.4, 0.5) is 0 Å². The van der Waals surface area contributed by atoms with Gasteiger partial charge in [-0.15, -0.1) is 0 Å². The molecule has 17 heavy (non-hydrogen) atoms. The Labute approximate surface area is 99.8 Å². The van der Waals surface area contributed by atoms with E-state index in [1.807, 2.05) is 13.0 Å². The second-order valence-electron chi connectivity index (χ2n) is 3.72. The van der Waals surface area contributed by atoms with Crippen molar-refractivity contribution in [3.05, 3.63) is 29.3 Å². The molecular formula is C13H14O4. The first-order valence-electron chi connectivity index (χ1n) is 5.31. The number of esters is 1. The van der Waals surface area contributed by atoms with Gasteiger partial charge in [0.25, 0.3) is 0 Å². The molecule has 1 heterocycles. The molecule has 0 fully saturated rings. The minimum absolute atomic E-state index is 0.299. The van der Waals surface area contributed by atoms with E-state index in [2.05, 4.69) is 0 Å². The van der Waals surface area contributed by atoms with Crippen molar-refractivity contribution < 1.29 is 19.0 Å². The van der Waals surface area contributed by atoms with Crippen LogP contribution in [-0.2, 0) is 9.53 Å². The maximum absolute atomic E-state index is 11.3. The van der Waals surface area contributed by atoms with E-state index >= 15 is 0 Å². The number of benzene rings is 1. The number of carbonyl (C=O) groups excluding carboxylic acids is 1. The number of rotatable bonds is 2. The van der Waals surface area contributed by atoms with Gasteiger partial charge in [0.15, 0.2) is 11.5 Å². The average molecular weight is 234 g/mol. The molecule has 2 rings (SSSR count). The number of fused-ring (bicyclic) bond motifs is 1. The third kappa shape index (κ3) is 1.98. The summed E-state index contributed by atoms with van der Waals surface area (Å²) >= 11 is 0. The van der Waals surface area contributed by atoms with Gasteiger partial charge in [-0.05, 0) is 19.1 Å². The maximum atomic E-state index is 11.3. The lowest BCUT2D eigenvalue weighted by atomic mass is 10.0. The topological polar surface area (TPSA) is 44.8 Å². The van der Waals surface area contributed by atoms with Crippen molar-refractivity contribution in [3.63, 3.8) is 0 Å². The molecule has 1 atom stereocenters. The SMILES string of the molecule is COc1ccc2c(c1OC)C=CC(=O)OC2C. The van der Waals surface area contributed by atoms with Crippen molar-refractivity contribution in [2.24, 2.45) is 0 Å². The first kappa shape index (κ1) is 11.5. The van der Waals surface area contributed by atoms with Crippen LogP contribution >= 0.6 is 0 Å². The Morgan fingerprint density at radius 2 is 1.94 bits per heavy atom. The van der Waals surface area contributed by atoms with Crippen molar-refractivity contribution in [1.82, 2.24) is 0 Å². The minimum Gasteiger partial charge on any atom is -0.493 e. The van der Waals surface area contributed by atoms with Crippen molar-refractivity contribution in [1.29, 1.82) is 0 Å². The summed E-state index contributed by atoms with van der Waals surface area (Å²) in [6.07, 6.45) is 2.79.